The van der Waals surface area contributed by atoms with E-state index in [-0.39, 0.29) is 0 Å². The molecule has 0 saturated carbocycles. The van der Waals surface area contributed by atoms with Crippen LogP contribution in [-0.4, -0.2) is 21.4 Å². The highest BCUT2D eigenvalue weighted by atomic mass is 32.1. The molecule has 100 valence electrons. The molecule has 2 atom stereocenters. The van der Waals surface area contributed by atoms with Gasteiger partial charge in [0.05, 0.1) is 18.3 Å². The lowest BCUT2D eigenvalue weighted by atomic mass is 10.0. The van der Waals surface area contributed by atoms with Crippen LogP contribution in [0.1, 0.15) is 45.7 Å². The van der Waals surface area contributed by atoms with Gasteiger partial charge in [-0.05, 0) is 25.7 Å². The monoisotopic (exact) mass is 267 g/mol. The van der Waals surface area contributed by atoms with Crippen LogP contribution in [0.4, 0.5) is 0 Å². The Morgan fingerprint density at radius 1 is 1.56 bits per heavy atom. The first kappa shape index (κ1) is 13.3. The summed E-state index contributed by atoms with van der Waals surface area (Å²) in [6.45, 7) is 7.25. The zero-order valence-electron chi connectivity index (χ0n) is 11.3. The van der Waals surface area contributed by atoms with E-state index in [1.807, 2.05) is 0 Å². The lowest BCUT2D eigenvalue weighted by molar-refractivity contribution is 0.249. The molecular weight excluding hydrogens is 246 g/mol. The fraction of sp³-hybridized carbons (Fsp3) is 0.692. The number of nitrogens with one attached hydrogen (secondary N) is 1. The average molecular weight is 267 g/mol. The number of allylic oxidation sites excluding steroid dienone is 1. The van der Waals surface area contributed by atoms with Crippen LogP contribution < -0.4 is 10.1 Å². The quantitative estimate of drug-likeness (QED) is 0.890. The van der Waals surface area contributed by atoms with Crippen molar-refractivity contribution >= 4 is 17.3 Å². The standard InChI is InChI=1S/C13H21N3OS/c1-4-9(2)8-17-13-12(15-18-16-13)11-6-5-10(3)14-7-11/h7,9-10,14H,4-6,8H2,1-3H3. The first-order valence-electron chi connectivity index (χ1n) is 6.61. The lowest BCUT2D eigenvalue weighted by Crippen LogP contribution is -2.24. The van der Waals surface area contributed by atoms with Crippen molar-refractivity contribution in [1.82, 2.24) is 14.1 Å². The summed E-state index contributed by atoms with van der Waals surface area (Å²) in [6.07, 6.45) is 5.35. The highest BCUT2D eigenvalue weighted by Gasteiger charge is 2.18. The smallest absolute Gasteiger partial charge is 0.253 e. The maximum absolute atomic E-state index is 5.78. The minimum atomic E-state index is 0.546. The molecule has 1 aromatic heterocycles. The molecule has 0 bridgehead atoms. The summed E-state index contributed by atoms with van der Waals surface area (Å²) in [5, 5.41) is 3.34. The molecule has 18 heavy (non-hydrogen) atoms. The Morgan fingerprint density at radius 3 is 3.06 bits per heavy atom. The third kappa shape index (κ3) is 3.22. The van der Waals surface area contributed by atoms with Crippen molar-refractivity contribution in [3.05, 3.63) is 11.9 Å². The fourth-order valence-corrected chi connectivity index (χ4v) is 2.30. The lowest BCUT2D eigenvalue weighted by Gasteiger charge is -2.19. The van der Waals surface area contributed by atoms with Crippen LogP contribution in [0.5, 0.6) is 5.88 Å². The van der Waals surface area contributed by atoms with E-state index in [2.05, 4.69) is 41.0 Å². The number of rotatable bonds is 5. The second kappa shape index (κ2) is 6.18. The van der Waals surface area contributed by atoms with Gasteiger partial charge in [0.1, 0.15) is 5.69 Å². The summed E-state index contributed by atoms with van der Waals surface area (Å²) < 4.78 is 14.4. The van der Waals surface area contributed by atoms with E-state index in [4.69, 9.17) is 4.74 Å². The van der Waals surface area contributed by atoms with Crippen molar-refractivity contribution in [3.63, 3.8) is 0 Å². The summed E-state index contributed by atoms with van der Waals surface area (Å²) in [5.74, 6) is 1.25. The van der Waals surface area contributed by atoms with E-state index < -0.39 is 0 Å². The van der Waals surface area contributed by atoms with Gasteiger partial charge in [0.15, 0.2) is 0 Å². The molecule has 2 rings (SSSR count). The summed E-state index contributed by atoms with van der Waals surface area (Å²) in [5.41, 5.74) is 2.13. The third-order valence-corrected chi connectivity index (χ3v) is 3.86. The van der Waals surface area contributed by atoms with E-state index in [0.29, 0.717) is 24.4 Å². The molecule has 0 fully saturated rings. The van der Waals surface area contributed by atoms with Gasteiger partial charge in [-0.3, -0.25) is 0 Å². The van der Waals surface area contributed by atoms with Crippen LogP contribution in [0.25, 0.3) is 5.57 Å². The van der Waals surface area contributed by atoms with Gasteiger partial charge in [-0.1, -0.05) is 20.3 Å². The minimum Gasteiger partial charge on any atom is -0.475 e. The van der Waals surface area contributed by atoms with Crippen molar-refractivity contribution in [3.8, 4) is 5.88 Å². The van der Waals surface area contributed by atoms with E-state index in [0.717, 1.165) is 25.0 Å². The van der Waals surface area contributed by atoms with Crippen LogP contribution in [-0.2, 0) is 0 Å². The van der Waals surface area contributed by atoms with Crippen molar-refractivity contribution in [2.75, 3.05) is 6.61 Å². The molecule has 0 aromatic carbocycles. The third-order valence-electron chi connectivity index (χ3n) is 3.35. The van der Waals surface area contributed by atoms with E-state index in [1.54, 1.807) is 0 Å². The molecule has 2 unspecified atom stereocenters. The van der Waals surface area contributed by atoms with Gasteiger partial charge in [-0.2, -0.15) is 4.37 Å². The number of hydrogen-bond donors (Lipinski definition) is 1. The van der Waals surface area contributed by atoms with Gasteiger partial charge in [-0.25, -0.2) is 0 Å². The molecule has 1 N–H and O–H groups in total. The molecule has 1 aromatic rings. The number of hydrogen-bond acceptors (Lipinski definition) is 5. The fourth-order valence-electron chi connectivity index (χ4n) is 1.77. The predicted octanol–water partition coefficient (Wildman–Crippen LogP) is 3.08. The SMILES string of the molecule is CCC(C)COc1nsnc1C1=CNC(C)CC1. The van der Waals surface area contributed by atoms with Crippen LogP contribution in [0, 0.1) is 5.92 Å². The zero-order valence-corrected chi connectivity index (χ0v) is 12.1. The van der Waals surface area contributed by atoms with Crippen LogP contribution in [0.2, 0.25) is 0 Å². The van der Waals surface area contributed by atoms with Crippen LogP contribution in [0.3, 0.4) is 0 Å². The summed E-state index contributed by atoms with van der Waals surface area (Å²) >= 11 is 1.23. The van der Waals surface area contributed by atoms with E-state index in [9.17, 15) is 0 Å². The maximum Gasteiger partial charge on any atom is 0.253 e. The molecule has 1 aliphatic heterocycles. The van der Waals surface area contributed by atoms with Gasteiger partial charge in [0.2, 0.25) is 0 Å². The summed E-state index contributed by atoms with van der Waals surface area (Å²) in [6, 6.07) is 0.546. The molecule has 1 aliphatic rings. The largest absolute Gasteiger partial charge is 0.475 e. The highest BCUT2D eigenvalue weighted by molar-refractivity contribution is 6.99. The van der Waals surface area contributed by atoms with Gasteiger partial charge >= 0.3 is 0 Å². The molecule has 0 spiro atoms. The van der Waals surface area contributed by atoms with Gasteiger partial charge in [-0.15, -0.1) is 4.37 Å². The van der Waals surface area contributed by atoms with Crippen molar-refractivity contribution in [2.45, 2.75) is 46.1 Å². The second-order valence-corrected chi connectivity index (χ2v) is 5.55. The van der Waals surface area contributed by atoms with Crippen molar-refractivity contribution < 1.29 is 4.74 Å². The molecule has 2 heterocycles. The first-order valence-corrected chi connectivity index (χ1v) is 7.34. The summed E-state index contributed by atoms with van der Waals surface area (Å²) in [4.78, 5) is 0. The molecule has 4 nitrogen and oxygen atoms in total. The number of ether oxygens (including phenoxy) is 1. The average Bonchev–Trinajstić information content (AvgIpc) is 2.85. The highest BCUT2D eigenvalue weighted by Crippen LogP contribution is 2.29. The van der Waals surface area contributed by atoms with Crippen LogP contribution in [0.15, 0.2) is 6.20 Å². The van der Waals surface area contributed by atoms with Crippen LogP contribution >= 0.6 is 11.7 Å². The first-order chi connectivity index (χ1) is 8.70. The number of aromatic nitrogens is 2. The Hall–Kier alpha value is -1.10. The van der Waals surface area contributed by atoms with E-state index in [1.165, 1.54) is 17.3 Å². The predicted molar refractivity (Wildman–Crippen MR) is 74.7 cm³/mol. The Balaban J connectivity index is 2.03. The molecule has 0 saturated heterocycles. The minimum absolute atomic E-state index is 0.546. The van der Waals surface area contributed by atoms with Gasteiger partial charge in [0.25, 0.3) is 5.88 Å². The molecule has 5 heteroatoms. The molecule has 0 amide bonds. The number of nitrogens with zero attached hydrogens (tertiary/aromatic N) is 2. The summed E-state index contributed by atoms with van der Waals surface area (Å²) in [7, 11) is 0. The van der Waals surface area contributed by atoms with Gasteiger partial charge in [0, 0.05) is 17.8 Å². The second-order valence-electron chi connectivity index (χ2n) is 5.02. The normalized spacial score (nSPS) is 21.1. The van der Waals surface area contributed by atoms with Crippen molar-refractivity contribution in [2.24, 2.45) is 5.92 Å². The Bertz CT molecular complexity index is 416. The van der Waals surface area contributed by atoms with Gasteiger partial charge < -0.3 is 10.1 Å². The Labute approximate surface area is 113 Å². The van der Waals surface area contributed by atoms with E-state index >= 15 is 0 Å². The molecule has 0 aliphatic carbocycles. The Morgan fingerprint density at radius 2 is 2.39 bits per heavy atom. The molecular formula is C13H21N3OS. The topological polar surface area (TPSA) is 47.0 Å². The zero-order chi connectivity index (χ0) is 13.0. The maximum atomic E-state index is 5.78. The molecule has 0 radical (unpaired) electrons. The van der Waals surface area contributed by atoms with Crippen molar-refractivity contribution in [1.29, 1.82) is 0 Å². The Kier molecular flexibility index (Phi) is 4.58.